The number of hydrogen-bond acceptors (Lipinski definition) is 4. The molecule has 2 fully saturated rings. The largest absolute Gasteiger partial charge is 0.550 e. The molecule has 0 aliphatic heterocycles. The van der Waals surface area contributed by atoms with E-state index in [-0.39, 0.29) is 22.7 Å². The summed E-state index contributed by atoms with van der Waals surface area (Å²) < 4.78 is 0. The maximum absolute atomic E-state index is 11.9. The van der Waals surface area contributed by atoms with Gasteiger partial charge in [-0.25, -0.2) is 0 Å². The molecule has 0 unspecified atom stereocenters. The van der Waals surface area contributed by atoms with E-state index in [2.05, 4.69) is 83.7 Å². The van der Waals surface area contributed by atoms with Crippen molar-refractivity contribution < 1.29 is 30.6 Å². The third kappa shape index (κ3) is 7.80. The fourth-order valence-corrected chi connectivity index (χ4v) is 11.1. The molecule has 0 spiro atoms. The third-order valence-electron chi connectivity index (χ3n) is 14.5. The number of carbonyl (C=O) groups excluding carboxylic acids is 1. The van der Waals surface area contributed by atoms with E-state index in [4.69, 9.17) is 0 Å². The minimum Gasteiger partial charge on any atom is -0.550 e. The Bertz CT molecular complexity index is 1680. The molecule has 0 heterocycles. The third-order valence-corrected chi connectivity index (χ3v) is 14.5. The molecule has 6 nitrogen and oxygen atoms in total. The van der Waals surface area contributed by atoms with Crippen molar-refractivity contribution >= 4 is 11.9 Å². The Labute approximate surface area is 325 Å². The molecule has 3 aromatic rings. The van der Waals surface area contributed by atoms with Crippen molar-refractivity contribution in [2.45, 2.75) is 148 Å². The standard InChI is InChI=1S/2C20H28O2.C8H11NO/c2*1-13(2)14-6-8-16-15(12-14)7-9-17-19(16,3)10-5-11-20(17,4)18(21)22;9-6-8(10)7-4-2-1-3-5-7/h2*6,8,12-13,17H,5,7,9-11H2,1-4H3,(H,21,22);1-5,8,10H,6,9H2/t2*17-,19-,20-;8-/m111/s1. The van der Waals surface area contributed by atoms with Gasteiger partial charge in [-0.05, 0) is 132 Å². The van der Waals surface area contributed by atoms with E-state index in [1.165, 1.54) is 33.4 Å². The lowest BCUT2D eigenvalue weighted by Gasteiger charge is -2.56. The number of aliphatic hydroxyl groups excluding tert-OH is 1. The van der Waals surface area contributed by atoms with Crippen LogP contribution in [-0.4, -0.2) is 28.7 Å². The van der Waals surface area contributed by atoms with Crippen molar-refractivity contribution in [2.24, 2.45) is 22.7 Å². The molecular weight excluding hydrogens is 671 g/mol. The molecule has 3 aromatic carbocycles. The molecule has 7 rings (SSSR count). The average molecular weight is 738 g/mol. The summed E-state index contributed by atoms with van der Waals surface area (Å²) in [6.07, 6.45) is 9.38. The van der Waals surface area contributed by atoms with Crippen LogP contribution in [0.25, 0.3) is 0 Å². The highest BCUT2D eigenvalue weighted by molar-refractivity contribution is 5.75. The fraction of sp³-hybridized carbons (Fsp3) is 0.583. The first-order valence-corrected chi connectivity index (χ1v) is 20.7. The predicted octanol–water partition coefficient (Wildman–Crippen LogP) is 8.44. The van der Waals surface area contributed by atoms with Crippen molar-refractivity contribution in [3.8, 4) is 0 Å². The van der Waals surface area contributed by atoms with Gasteiger partial charge in [-0.15, -0.1) is 0 Å². The Morgan fingerprint density at radius 3 is 1.56 bits per heavy atom. The summed E-state index contributed by atoms with van der Waals surface area (Å²) in [5.74, 6) is 0.0679. The van der Waals surface area contributed by atoms with Gasteiger partial charge in [0.05, 0.1) is 5.41 Å². The van der Waals surface area contributed by atoms with Gasteiger partial charge < -0.3 is 25.8 Å². The van der Waals surface area contributed by atoms with Crippen molar-refractivity contribution in [3.05, 3.63) is 106 Å². The number of aliphatic hydroxyl groups is 1. The van der Waals surface area contributed by atoms with Crippen molar-refractivity contribution in [3.63, 3.8) is 0 Å². The van der Waals surface area contributed by atoms with Crippen LogP contribution in [0.15, 0.2) is 66.7 Å². The number of carboxylic acids is 2. The highest BCUT2D eigenvalue weighted by Gasteiger charge is 2.55. The first-order valence-electron chi connectivity index (χ1n) is 20.7. The number of hydrogen-bond donors (Lipinski definition) is 3. The molecule has 4 aliphatic rings. The number of quaternary nitrogens is 1. The lowest BCUT2D eigenvalue weighted by Crippen LogP contribution is -2.56. The minimum absolute atomic E-state index is 0.0177. The number of carboxylic acid groups (broad SMARTS) is 2. The molecule has 0 radical (unpaired) electrons. The van der Waals surface area contributed by atoms with Gasteiger partial charge in [-0.2, -0.15) is 0 Å². The monoisotopic (exact) mass is 738 g/mol. The highest BCUT2D eigenvalue weighted by atomic mass is 16.4. The van der Waals surface area contributed by atoms with Gasteiger partial charge in [0.15, 0.2) is 0 Å². The molecule has 0 bridgehead atoms. The van der Waals surface area contributed by atoms with Crippen LogP contribution in [0, 0.1) is 22.7 Å². The van der Waals surface area contributed by atoms with Gasteiger partial charge in [0.25, 0.3) is 0 Å². The number of aliphatic carboxylic acids is 2. The quantitative estimate of drug-likeness (QED) is 0.234. The van der Waals surface area contributed by atoms with Crippen LogP contribution in [0.2, 0.25) is 0 Å². The molecule has 5 N–H and O–H groups in total. The summed E-state index contributed by atoms with van der Waals surface area (Å²) in [6.45, 7) is 17.9. The number of rotatable bonds is 6. The Hall–Kier alpha value is -3.48. The van der Waals surface area contributed by atoms with E-state index in [0.717, 1.165) is 69.8 Å². The molecule has 54 heavy (non-hydrogen) atoms. The molecule has 0 amide bonds. The molecule has 7 atom stereocenters. The number of benzene rings is 3. The summed E-state index contributed by atoms with van der Waals surface area (Å²) in [4.78, 5) is 23.7. The van der Waals surface area contributed by atoms with E-state index in [0.29, 0.717) is 18.4 Å². The summed E-state index contributed by atoms with van der Waals surface area (Å²) in [5.41, 5.74) is 11.8. The Balaban J connectivity index is 0.000000167. The van der Waals surface area contributed by atoms with Gasteiger partial charge in [0, 0.05) is 11.4 Å². The van der Waals surface area contributed by atoms with Gasteiger partial charge in [-0.1, -0.05) is 128 Å². The number of carbonyl (C=O) groups is 2. The van der Waals surface area contributed by atoms with E-state index >= 15 is 0 Å². The maximum Gasteiger partial charge on any atom is 0.309 e. The van der Waals surface area contributed by atoms with Gasteiger partial charge >= 0.3 is 5.97 Å². The molecule has 2 saturated carbocycles. The van der Waals surface area contributed by atoms with Gasteiger partial charge in [-0.3, -0.25) is 4.79 Å². The minimum atomic E-state index is -0.856. The fourth-order valence-electron chi connectivity index (χ4n) is 11.1. The zero-order chi connectivity index (χ0) is 39.6. The summed E-state index contributed by atoms with van der Waals surface area (Å²) >= 11 is 0. The average Bonchev–Trinajstić information content (AvgIpc) is 3.14. The summed E-state index contributed by atoms with van der Waals surface area (Å²) in [7, 11) is 0. The maximum atomic E-state index is 11.9. The van der Waals surface area contributed by atoms with Crippen LogP contribution < -0.4 is 10.8 Å². The first-order chi connectivity index (χ1) is 25.4. The number of fused-ring (bicyclic) bond motifs is 6. The van der Waals surface area contributed by atoms with Gasteiger partial charge in [0.1, 0.15) is 12.6 Å². The predicted molar refractivity (Wildman–Crippen MR) is 215 cm³/mol. The van der Waals surface area contributed by atoms with Crippen LogP contribution in [0.4, 0.5) is 0 Å². The van der Waals surface area contributed by atoms with Crippen LogP contribution in [0.1, 0.15) is 164 Å². The van der Waals surface area contributed by atoms with E-state index in [1.807, 2.05) is 44.2 Å². The molecule has 0 saturated heterocycles. The smallest absolute Gasteiger partial charge is 0.309 e. The molecule has 4 aliphatic carbocycles. The second kappa shape index (κ2) is 16.3. The van der Waals surface area contributed by atoms with E-state index in [1.54, 1.807) is 0 Å². The van der Waals surface area contributed by atoms with Crippen molar-refractivity contribution in [1.29, 1.82) is 0 Å². The highest BCUT2D eigenvalue weighted by Crippen LogP contribution is 2.58. The van der Waals surface area contributed by atoms with Crippen molar-refractivity contribution in [1.82, 2.24) is 0 Å². The Kier molecular flexibility index (Phi) is 12.6. The second-order valence-electron chi connectivity index (χ2n) is 18.5. The van der Waals surface area contributed by atoms with Crippen LogP contribution >= 0.6 is 0 Å². The molecular formula is C48H67NO5. The molecule has 0 aromatic heterocycles. The Morgan fingerprint density at radius 2 is 1.15 bits per heavy atom. The van der Waals surface area contributed by atoms with Crippen LogP contribution in [0.5, 0.6) is 0 Å². The lowest BCUT2D eigenvalue weighted by molar-refractivity contribution is -0.385. The summed E-state index contributed by atoms with van der Waals surface area (Å²) in [5, 5.41) is 30.9. The first kappa shape index (κ1) is 41.7. The lowest BCUT2D eigenvalue weighted by atomic mass is 9.50. The van der Waals surface area contributed by atoms with Crippen LogP contribution in [0.3, 0.4) is 0 Å². The van der Waals surface area contributed by atoms with E-state index in [9.17, 15) is 24.9 Å². The molecule has 6 heteroatoms. The normalized spacial score (nSPS) is 30.2. The molecule has 294 valence electrons. The van der Waals surface area contributed by atoms with Crippen molar-refractivity contribution in [2.75, 3.05) is 6.54 Å². The number of aryl methyl sites for hydroxylation is 2. The van der Waals surface area contributed by atoms with E-state index < -0.39 is 28.9 Å². The van der Waals surface area contributed by atoms with Crippen LogP contribution in [-0.2, 0) is 33.3 Å². The Morgan fingerprint density at radius 1 is 0.704 bits per heavy atom. The SMILES string of the molecule is CC(C)c1ccc2c(c1)CC[C@H]1[C@](C)(C(=O)O)CCC[C@]21C.CC(C)c1ccc2c(c1)CC[C@H]1[C@](C)(C(=O)[O-])CCC[C@]21C.[NH3+]C[C@@H](O)c1ccccc1. The second-order valence-corrected chi connectivity index (χ2v) is 18.5. The zero-order valence-corrected chi connectivity index (χ0v) is 34.3. The zero-order valence-electron chi connectivity index (χ0n) is 34.3. The van der Waals surface area contributed by atoms with Gasteiger partial charge in [0.2, 0.25) is 0 Å². The summed E-state index contributed by atoms with van der Waals surface area (Å²) in [6, 6.07) is 23.3. The topological polar surface area (TPSA) is 125 Å².